The van der Waals surface area contributed by atoms with E-state index < -0.39 is 0 Å². The maximum Gasteiger partial charge on any atom is 0.191 e. The van der Waals surface area contributed by atoms with Gasteiger partial charge in [0.05, 0.1) is 19.2 Å². The summed E-state index contributed by atoms with van der Waals surface area (Å²) in [6.07, 6.45) is 3.03. The van der Waals surface area contributed by atoms with Gasteiger partial charge in [-0.2, -0.15) is 0 Å². The predicted molar refractivity (Wildman–Crippen MR) is 122 cm³/mol. The first-order valence-corrected chi connectivity index (χ1v) is 11.2. The molecule has 1 aliphatic rings. The Morgan fingerprint density at radius 2 is 2.03 bits per heavy atom. The van der Waals surface area contributed by atoms with Gasteiger partial charge in [0.1, 0.15) is 11.5 Å². The lowest BCUT2D eigenvalue weighted by molar-refractivity contribution is 0.399. The molecule has 0 bridgehead atoms. The highest BCUT2D eigenvalue weighted by Crippen LogP contribution is 2.25. The third-order valence-corrected chi connectivity index (χ3v) is 6.07. The van der Waals surface area contributed by atoms with E-state index in [0.29, 0.717) is 12.6 Å². The van der Waals surface area contributed by atoms with Crippen LogP contribution in [-0.2, 0) is 6.42 Å². The summed E-state index contributed by atoms with van der Waals surface area (Å²) < 4.78 is 10.8. The van der Waals surface area contributed by atoms with Crippen LogP contribution in [0.3, 0.4) is 0 Å². The van der Waals surface area contributed by atoms with Crippen LogP contribution in [0.25, 0.3) is 0 Å². The fourth-order valence-corrected chi connectivity index (χ4v) is 4.36. The van der Waals surface area contributed by atoms with Crippen LogP contribution in [-0.4, -0.2) is 52.4 Å². The van der Waals surface area contributed by atoms with Crippen molar-refractivity contribution in [1.29, 1.82) is 0 Å². The summed E-state index contributed by atoms with van der Waals surface area (Å²) in [5.41, 5.74) is 1.11. The number of anilines is 1. The summed E-state index contributed by atoms with van der Waals surface area (Å²) in [5.74, 6) is 2.61. The van der Waals surface area contributed by atoms with Crippen LogP contribution in [0, 0.1) is 0 Å². The Balaban J connectivity index is 1.54. The zero-order valence-electron chi connectivity index (χ0n) is 17.6. The number of piperidine rings is 1. The van der Waals surface area contributed by atoms with Gasteiger partial charge in [-0.15, -0.1) is 11.3 Å². The van der Waals surface area contributed by atoms with Crippen LogP contribution >= 0.6 is 11.3 Å². The second-order valence-electron chi connectivity index (χ2n) is 7.05. The third kappa shape index (κ3) is 6.03. The molecule has 0 spiro atoms. The molecule has 2 aromatic rings. The van der Waals surface area contributed by atoms with E-state index in [4.69, 9.17) is 14.5 Å². The molecule has 1 aromatic carbocycles. The molecule has 6 nitrogen and oxygen atoms in total. The van der Waals surface area contributed by atoms with Crippen molar-refractivity contribution in [2.45, 2.75) is 32.2 Å². The van der Waals surface area contributed by atoms with Gasteiger partial charge >= 0.3 is 0 Å². The molecule has 158 valence electrons. The molecule has 0 aliphatic carbocycles. The first-order valence-electron chi connectivity index (χ1n) is 10.3. The standard InChI is InChI=1S/C22H32N4O2S/c1-4-23-22(24-12-9-17-16-19(27-2)7-8-20(17)28-3)25-18-10-13-26(14-11-18)21-6-5-15-29-21/h5-8,15-16,18H,4,9-14H2,1-3H3,(H2,23,24,25). The first-order chi connectivity index (χ1) is 14.2. The second-order valence-corrected chi connectivity index (χ2v) is 7.97. The minimum atomic E-state index is 0.454. The van der Waals surface area contributed by atoms with Crippen LogP contribution in [0.15, 0.2) is 40.7 Å². The molecule has 0 unspecified atom stereocenters. The Kier molecular flexibility index (Phi) is 8.04. The van der Waals surface area contributed by atoms with Crippen molar-refractivity contribution < 1.29 is 9.47 Å². The normalized spacial score (nSPS) is 15.3. The summed E-state index contributed by atoms with van der Waals surface area (Å²) in [6, 6.07) is 10.7. The molecule has 0 radical (unpaired) electrons. The highest BCUT2D eigenvalue weighted by Gasteiger charge is 2.20. The molecule has 1 fully saturated rings. The van der Waals surface area contributed by atoms with Crippen molar-refractivity contribution in [1.82, 2.24) is 10.6 Å². The van der Waals surface area contributed by atoms with E-state index in [1.165, 1.54) is 5.00 Å². The van der Waals surface area contributed by atoms with Crippen molar-refractivity contribution in [3.8, 4) is 11.5 Å². The van der Waals surface area contributed by atoms with Crippen molar-refractivity contribution in [3.63, 3.8) is 0 Å². The average molecular weight is 417 g/mol. The molecule has 3 rings (SSSR count). The fraction of sp³-hybridized carbons (Fsp3) is 0.500. The van der Waals surface area contributed by atoms with E-state index in [2.05, 4.69) is 40.0 Å². The van der Waals surface area contributed by atoms with Gasteiger partial charge in [-0.25, -0.2) is 0 Å². The van der Waals surface area contributed by atoms with Gasteiger partial charge in [0.15, 0.2) is 5.96 Å². The molecule has 0 amide bonds. The summed E-state index contributed by atoms with van der Waals surface area (Å²) in [5, 5.41) is 10.5. The van der Waals surface area contributed by atoms with E-state index in [-0.39, 0.29) is 0 Å². The molecule has 0 atom stereocenters. The van der Waals surface area contributed by atoms with Gasteiger partial charge < -0.3 is 25.0 Å². The molecule has 1 aromatic heterocycles. The van der Waals surface area contributed by atoms with E-state index in [1.807, 2.05) is 29.5 Å². The van der Waals surface area contributed by atoms with E-state index in [9.17, 15) is 0 Å². The molecular formula is C22H32N4O2S. The predicted octanol–water partition coefficient (Wildman–Crippen LogP) is 3.53. The Labute approximate surface area is 177 Å². The zero-order chi connectivity index (χ0) is 20.5. The summed E-state index contributed by atoms with van der Waals surface area (Å²) >= 11 is 1.82. The van der Waals surface area contributed by atoms with Crippen molar-refractivity contribution in [2.75, 3.05) is 45.3 Å². The Morgan fingerprint density at radius 1 is 1.21 bits per heavy atom. The number of nitrogens with one attached hydrogen (secondary N) is 2. The van der Waals surface area contributed by atoms with Crippen LogP contribution in [0.1, 0.15) is 25.3 Å². The molecule has 2 heterocycles. The van der Waals surface area contributed by atoms with Crippen LogP contribution in [0.4, 0.5) is 5.00 Å². The zero-order valence-corrected chi connectivity index (χ0v) is 18.4. The maximum absolute atomic E-state index is 5.47. The first kappa shape index (κ1) is 21.3. The fourth-order valence-electron chi connectivity index (χ4n) is 3.57. The molecular weight excluding hydrogens is 384 g/mol. The van der Waals surface area contributed by atoms with Crippen LogP contribution < -0.4 is 25.0 Å². The number of guanidine groups is 1. The molecule has 29 heavy (non-hydrogen) atoms. The Morgan fingerprint density at radius 3 is 2.69 bits per heavy atom. The second kappa shape index (κ2) is 11.0. The van der Waals surface area contributed by atoms with Gasteiger partial charge in [-0.1, -0.05) is 0 Å². The maximum atomic E-state index is 5.47. The smallest absolute Gasteiger partial charge is 0.191 e. The van der Waals surface area contributed by atoms with E-state index >= 15 is 0 Å². The number of methoxy groups -OCH3 is 2. The number of ether oxygens (including phenoxy) is 2. The minimum Gasteiger partial charge on any atom is -0.497 e. The lowest BCUT2D eigenvalue weighted by Crippen LogP contribution is -2.48. The van der Waals surface area contributed by atoms with Crippen molar-refractivity contribution >= 4 is 22.3 Å². The topological polar surface area (TPSA) is 58.1 Å². The van der Waals surface area contributed by atoms with Crippen molar-refractivity contribution in [2.24, 2.45) is 4.99 Å². The number of thiophene rings is 1. The monoisotopic (exact) mass is 416 g/mol. The number of benzene rings is 1. The van der Waals surface area contributed by atoms with Gasteiger partial charge in [0.25, 0.3) is 0 Å². The Bertz CT molecular complexity index is 771. The number of aliphatic imine (C=N–C) groups is 1. The van der Waals surface area contributed by atoms with Gasteiger partial charge in [-0.3, -0.25) is 4.99 Å². The average Bonchev–Trinajstić information content (AvgIpc) is 3.29. The van der Waals surface area contributed by atoms with Crippen LogP contribution in [0.5, 0.6) is 11.5 Å². The minimum absolute atomic E-state index is 0.454. The lowest BCUT2D eigenvalue weighted by Gasteiger charge is -2.33. The number of rotatable bonds is 8. The molecule has 1 saturated heterocycles. The van der Waals surface area contributed by atoms with E-state index in [0.717, 1.165) is 61.9 Å². The Hall–Kier alpha value is -2.41. The summed E-state index contributed by atoms with van der Waals surface area (Å²) in [4.78, 5) is 7.26. The molecule has 2 N–H and O–H groups in total. The van der Waals surface area contributed by atoms with E-state index in [1.54, 1.807) is 14.2 Å². The summed E-state index contributed by atoms with van der Waals surface area (Å²) in [6.45, 7) is 5.80. The van der Waals surface area contributed by atoms with Gasteiger partial charge in [0.2, 0.25) is 0 Å². The molecule has 7 heteroatoms. The SMILES string of the molecule is CCNC(=NCCc1cc(OC)ccc1OC)NC1CCN(c2cccs2)CC1. The highest BCUT2D eigenvalue weighted by atomic mass is 32.1. The quantitative estimate of drug-likeness (QED) is 0.509. The number of nitrogens with zero attached hydrogens (tertiary/aromatic N) is 2. The molecule has 1 aliphatic heterocycles. The van der Waals surface area contributed by atoms with Crippen molar-refractivity contribution in [3.05, 3.63) is 41.3 Å². The third-order valence-electron chi connectivity index (χ3n) is 5.14. The lowest BCUT2D eigenvalue weighted by atomic mass is 10.1. The number of hydrogen-bond acceptors (Lipinski definition) is 5. The largest absolute Gasteiger partial charge is 0.497 e. The molecule has 0 saturated carbocycles. The highest BCUT2D eigenvalue weighted by molar-refractivity contribution is 7.14. The van der Waals surface area contributed by atoms with Gasteiger partial charge in [-0.05, 0) is 67.5 Å². The van der Waals surface area contributed by atoms with Gasteiger partial charge in [0, 0.05) is 32.2 Å². The number of hydrogen-bond donors (Lipinski definition) is 2. The van der Waals surface area contributed by atoms with Crippen LogP contribution in [0.2, 0.25) is 0 Å². The summed E-state index contributed by atoms with van der Waals surface area (Å²) in [7, 11) is 3.38.